The monoisotopic (exact) mass is 454 g/mol. The molecule has 178 valence electrons. The van der Waals surface area contributed by atoms with Crippen molar-refractivity contribution in [2.45, 2.75) is 94.3 Å². The maximum absolute atomic E-state index is 7.36. The van der Waals surface area contributed by atoms with Gasteiger partial charge in [-0.2, -0.15) is 0 Å². The van der Waals surface area contributed by atoms with Gasteiger partial charge in [-0.1, -0.05) is 31.2 Å². The highest BCUT2D eigenvalue weighted by Gasteiger charge is 2.59. The van der Waals surface area contributed by atoms with Crippen LogP contribution < -0.4 is 0 Å². The molecule has 3 fully saturated rings. The lowest BCUT2D eigenvalue weighted by molar-refractivity contribution is -0.120. The third-order valence-electron chi connectivity index (χ3n) is 10.2. The minimum Gasteiger partial charge on any atom is -0.359 e. The SMILES string of the molecule is C[C@H]1CCC(c2ccc3ccncc3c2)CC/C=C2/C=C3CC[C@@H](N4CCC4)C[C@]34CC[C@@]21O4. The van der Waals surface area contributed by atoms with E-state index in [1.54, 1.807) is 5.57 Å². The zero-order valence-corrected chi connectivity index (χ0v) is 20.6. The van der Waals surface area contributed by atoms with Gasteiger partial charge in [0.05, 0.1) is 11.2 Å². The highest BCUT2D eigenvalue weighted by atomic mass is 16.5. The first-order chi connectivity index (χ1) is 16.7. The van der Waals surface area contributed by atoms with Gasteiger partial charge in [0.2, 0.25) is 0 Å². The Morgan fingerprint density at radius 1 is 1.03 bits per heavy atom. The van der Waals surface area contributed by atoms with E-state index < -0.39 is 0 Å². The van der Waals surface area contributed by atoms with Crippen LogP contribution in [0.1, 0.15) is 82.6 Å². The zero-order chi connectivity index (χ0) is 22.8. The van der Waals surface area contributed by atoms with Gasteiger partial charge in [-0.15, -0.1) is 0 Å². The third-order valence-corrected chi connectivity index (χ3v) is 10.2. The molecule has 7 rings (SSSR count). The van der Waals surface area contributed by atoms with E-state index in [9.17, 15) is 0 Å². The van der Waals surface area contributed by atoms with Crippen LogP contribution in [-0.2, 0) is 4.74 Å². The first-order valence-corrected chi connectivity index (χ1v) is 13.8. The molecule has 3 aliphatic heterocycles. The number of hydrogen-bond acceptors (Lipinski definition) is 3. The average molecular weight is 455 g/mol. The molecule has 1 aromatic carbocycles. The number of aromatic nitrogens is 1. The van der Waals surface area contributed by atoms with Crippen LogP contribution in [-0.4, -0.2) is 40.2 Å². The predicted octanol–water partition coefficient (Wildman–Crippen LogP) is 6.94. The number of nitrogens with zero attached hydrogens (tertiary/aromatic N) is 2. The summed E-state index contributed by atoms with van der Waals surface area (Å²) in [4.78, 5) is 7.08. The van der Waals surface area contributed by atoms with Crippen LogP contribution in [0.5, 0.6) is 0 Å². The highest BCUT2D eigenvalue weighted by Crippen LogP contribution is 2.59. The number of hydrogen-bond donors (Lipinski definition) is 0. The number of rotatable bonds is 2. The topological polar surface area (TPSA) is 25.4 Å². The molecule has 3 heteroatoms. The second-order valence-electron chi connectivity index (χ2n) is 11.8. The average Bonchev–Trinajstić information content (AvgIpc) is 3.17. The Morgan fingerprint density at radius 3 is 2.85 bits per heavy atom. The van der Waals surface area contributed by atoms with Crippen LogP contribution in [0.3, 0.4) is 0 Å². The van der Waals surface area contributed by atoms with Crippen LogP contribution in [0.4, 0.5) is 0 Å². The molecule has 0 amide bonds. The van der Waals surface area contributed by atoms with E-state index >= 15 is 0 Å². The van der Waals surface area contributed by atoms with Gasteiger partial charge in [-0.25, -0.2) is 0 Å². The van der Waals surface area contributed by atoms with Crippen LogP contribution in [0.15, 0.2) is 60.0 Å². The van der Waals surface area contributed by atoms with Gasteiger partial charge in [0.1, 0.15) is 0 Å². The summed E-state index contributed by atoms with van der Waals surface area (Å²) in [6.07, 6.45) is 21.6. The van der Waals surface area contributed by atoms with Gasteiger partial charge in [-0.3, -0.25) is 4.98 Å². The molecule has 34 heavy (non-hydrogen) atoms. The standard InChI is InChI=1S/C31H38N2O/c1-22-6-7-23(25-9-8-24-12-15-32-21-26(24)18-25)4-2-5-28-19-27-10-11-29(33-16-3-17-33)20-30(27)13-14-31(22,28)34-30/h5,8-9,12,15,18-19,21-23,29H,2-4,6-7,10-11,13-14,16-17,20H2,1H3/b28-5-/t22-,23?,29+,30+,31-/m0/s1. The van der Waals surface area contributed by atoms with Gasteiger partial charge in [0.15, 0.2) is 0 Å². The van der Waals surface area contributed by atoms with Crippen LogP contribution >= 0.6 is 0 Å². The fraction of sp³-hybridized carbons (Fsp3) is 0.581. The minimum absolute atomic E-state index is 0.0307. The molecule has 2 spiro atoms. The summed E-state index contributed by atoms with van der Waals surface area (Å²) in [5.74, 6) is 1.17. The Kier molecular flexibility index (Phi) is 5.04. The number of ether oxygens (including phenoxy) is 1. The molecule has 2 aliphatic carbocycles. The molecule has 1 unspecified atom stereocenters. The fourth-order valence-corrected chi connectivity index (χ4v) is 7.93. The molecule has 1 aromatic heterocycles. The van der Waals surface area contributed by atoms with Crippen molar-refractivity contribution in [2.75, 3.05) is 13.1 Å². The fourth-order valence-electron chi connectivity index (χ4n) is 7.93. The molecular formula is C31H38N2O. The Labute approximate surface area is 204 Å². The number of allylic oxidation sites excluding steroid dienone is 1. The molecule has 2 bridgehead atoms. The Morgan fingerprint density at radius 2 is 1.97 bits per heavy atom. The Bertz CT molecular complexity index is 1160. The summed E-state index contributed by atoms with van der Waals surface area (Å²) in [5.41, 5.74) is 4.61. The van der Waals surface area contributed by atoms with E-state index in [4.69, 9.17) is 4.74 Å². The van der Waals surface area contributed by atoms with Gasteiger partial charge >= 0.3 is 0 Å². The normalized spacial score (nSPS) is 39.5. The van der Waals surface area contributed by atoms with Crippen molar-refractivity contribution < 1.29 is 4.74 Å². The summed E-state index contributed by atoms with van der Waals surface area (Å²) >= 11 is 0. The summed E-state index contributed by atoms with van der Waals surface area (Å²) < 4.78 is 7.36. The minimum atomic E-state index is -0.0530. The van der Waals surface area contributed by atoms with Crippen LogP contribution in [0.25, 0.3) is 10.8 Å². The van der Waals surface area contributed by atoms with Crippen LogP contribution in [0, 0.1) is 5.92 Å². The lowest BCUT2D eigenvalue weighted by atomic mass is 9.73. The first kappa shape index (κ1) is 21.3. The quantitative estimate of drug-likeness (QED) is 0.491. The Balaban J connectivity index is 1.17. The molecule has 2 saturated heterocycles. The van der Waals surface area contributed by atoms with Gasteiger partial charge in [0.25, 0.3) is 0 Å². The Hall–Kier alpha value is -1.97. The van der Waals surface area contributed by atoms with Crippen molar-refractivity contribution in [2.24, 2.45) is 5.92 Å². The molecule has 0 N–H and O–H groups in total. The largest absolute Gasteiger partial charge is 0.359 e. The molecule has 3 nitrogen and oxygen atoms in total. The molecule has 4 heterocycles. The summed E-state index contributed by atoms with van der Waals surface area (Å²) in [5, 5.41) is 2.56. The first-order valence-electron chi connectivity index (χ1n) is 13.8. The van der Waals surface area contributed by atoms with Crippen molar-refractivity contribution in [3.8, 4) is 0 Å². The van der Waals surface area contributed by atoms with Crippen molar-refractivity contribution in [3.63, 3.8) is 0 Å². The summed E-state index contributed by atoms with van der Waals surface area (Å²) in [6, 6.07) is 9.89. The molecule has 0 radical (unpaired) electrons. The van der Waals surface area contributed by atoms with Gasteiger partial charge < -0.3 is 9.64 Å². The zero-order valence-electron chi connectivity index (χ0n) is 20.6. The molecular weight excluding hydrogens is 416 g/mol. The molecule has 2 aromatic rings. The number of fused-ring (bicyclic) bond motifs is 1. The summed E-state index contributed by atoms with van der Waals surface area (Å²) in [7, 11) is 0. The second kappa shape index (κ2) is 8.03. The van der Waals surface area contributed by atoms with E-state index in [2.05, 4.69) is 53.2 Å². The van der Waals surface area contributed by atoms with E-state index in [0.29, 0.717) is 11.8 Å². The van der Waals surface area contributed by atoms with E-state index in [1.807, 2.05) is 12.4 Å². The number of pyridine rings is 1. The molecule has 1 saturated carbocycles. The molecule has 5 atom stereocenters. The van der Waals surface area contributed by atoms with E-state index in [1.165, 1.54) is 92.8 Å². The van der Waals surface area contributed by atoms with Crippen molar-refractivity contribution >= 4 is 10.8 Å². The number of likely N-dealkylation sites (tertiary alicyclic amines) is 1. The van der Waals surface area contributed by atoms with E-state index in [-0.39, 0.29) is 11.2 Å². The van der Waals surface area contributed by atoms with Crippen molar-refractivity contribution in [1.29, 1.82) is 0 Å². The van der Waals surface area contributed by atoms with E-state index in [0.717, 1.165) is 12.5 Å². The second-order valence-corrected chi connectivity index (χ2v) is 11.8. The lowest BCUT2D eigenvalue weighted by Crippen LogP contribution is -2.54. The van der Waals surface area contributed by atoms with Gasteiger partial charge in [0, 0.05) is 23.8 Å². The lowest BCUT2D eigenvalue weighted by Gasteiger charge is -2.51. The summed E-state index contributed by atoms with van der Waals surface area (Å²) in [6.45, 7) is 5.09. The smallest absolute Gasteiger partial charge is 0.0966 e. The highest BCUT2D eigenvalue weighted by molar-refractivity contribution is 5.82. The van der Waals surface area contributed by atoms with Crippen molar-refractivity contribution in [3.05, 3.63) is 65.5 Å². The maximum Gasteiger partial charge on any atom is 0.0966 e. The van der Waals surface area contributed by atoms with Gasteiger partial charge in [-0.05, 0) is 123 Å². The van der Waals surface area contributed by atoms with Crippen LogP contribution in [0.2, 0.25) is 0 Å². The maximum atomic E-state index is 7.36. The third kappa shape index (κ3) is 3.27. The predicted molar refractivity (Wildman–Crippen MR) is 138 cm³/mol. The number of benzene rings is 1. The van der Waals surface area contributed by atoms with Crippen molar-refractivity contribution in [1.82, 2.24) is 9.88 Å². The molecule has 5 aliphatic rings.